The molecule has 2 N–H and O–H groups in total. The molecule has 0 saturated heterocycles. The molecule has 144 valence electrons. The van der Waals surface area contributed by atoms with Crippen LogP contribution in [0.2, 0.25) is 0 Å². The van der Waals surface area contributed by atoms with Crippen LogP contribution >= 0.6 is 0 Å². The summed E-state index contributed by atoms with van der Waals surface area (Å²) in [4.78, 5) is 0. The molecule has 2 aromatic carbocycles. The van der Waals surface area contributed by atoms with Crippen molar-refractivity contribution in [3.63, 3.8) is 0 Å². The summed E-state index contributed by atoms with van der Waals surface area (Å²) in [7, 11) is 0.0597. The van der Waals surface area contributed by atoms with Crippen LogP contribution in [-0.4, -0.2) is 24.3 Å². The van der Waals surface area contributed by atoms with Gasteiger partial charge in [-0.3, -0.25) is 0 Å². The van der Waals surface area contributed by atoms with Crippen LogP contribution < -0.4 is 14.9 Å². The van der Waals surface area contributed by atoms with E-state index in [-0.39, 0.29) is 10.8 Å². The second-order valence-electron chi connectivity index (χ2n) is 8.72. The van der Waals surface area contributed by atoms with Gasteiger partial charge in [0.2, 0.25) is 0 Å². The SMILES string of the molecule is COc1cccc(COc2cc3c(cc2B(O)O)C(C)(C)CCC3(C)C)c1. The number of benzene rings is 2. The average molecular weight is 368 g/mol. The van der Waals surface area contributed by atoms with E-state index >= 15 is 0 Å². The monoisotopic (exact) mass is 368 g/mol. The van der Waals surface area contributed by atoms with Crippen LogP contribution in [-0.2, 0) is 17.4 Å². The Morgan fingerprint density at radius 2 is 1.59 bits per heavy atom. The van der Waals surface area contributed by atoms with Gasteiger partial charge >= 0.3 is 7.12 Å². The predicted molar refractivity (Wildman–Crippen MR) is 109 cm³/mol. The Hall–Kier alpha value is -1.98. The molecule has 0 unspecified atom stereocenters. The lowest BCUT2D eigenvalue weighted by molar-refractivity contribution is 0.298. The third kappa shape index (κ3) is 3.99. The largest absolute Gasteiger partial charge is 0.497 e. The summed E-state index contributed by atoms with van der Waals surface area (Å²) < 4.78 is 11.3. The molecule has 0 amide bonds. The summed E-state index contributed by atoms with van der Waals surface area (Å²) in [5, 5.41) is 19.9. The fraction of sp³-hybridized carbons (Fsp3) is 0.455. The molecule has 0 bridgehead atoms. The number of hydrogen-bond acceptors (Lipinski definition) is 4. The molecule has 5 heteroatoms. The number of methoxy groups -OCH3 is 1. The van der Waals surface area contributed by atoms with Crippen molar-refractivity contribution in [2.75, 3.05) is 7.11 Å². The molecule has 1 aliphatic carbocycles. The summed E-state index contributed by atoms with van der Waals surface area (Å²) in [6, 6.07) is 11.6. The Bertz CT molecular complexity index is 827. The number of fused-ring (bicyclic) bond motifs is 1. The normalized spacial score (nSPS) is 17.1. The van der Waals surface area contributed by atoms with Gasteiger partial charge in [0.25, 0.3) is 0 Å². The van der Waals surface area contributed by atoms with Gasteiger partial charge in [0.15, 0.2) is 0 Å². The summed E-state index contributed by atoms with van der Waals surface area (Å²) in [6.07, 6.45) is 2.15. The first-order valence-corrected chi connectivity index (χ1v) is 9.45. The van der Waals surface area contributed by atoms with Gasteiger partial charge in [-0.25, -0.2) is 0 Å². The predicted octanol–water partition coefficient (Wildman–Crippen LogP) is 3.30. The van der Waals surface area contributed by atoms with Gasteiger partial charge in [-0.05, 0) is 58.6 Å². The van der Waals surface area contributed by atoms with E-state index in [1.165, 1.54) is 11.1 Å². The highest BCUT2D eigenvalue weighted by Crippen LogP contribution is 2.46. The maximum Gasteiger partial charge on any atom is 0.492 e. The Morgan fingerprint density at radius 3 is 2.19 bits per heavy atom. The Morgan fingerprint density at radius 1 is 0.963 bits per heavy atom. The summed E-state index contributed by atoms with van der Waals surface area (Å²) >= 11 is 0. The zero-order valence-corrected chi connectivity index (χ0v) is 16.9. The molecule has 0 heterocycles. The molecule has 0 radical (unpaired) electrons. The third-order valence-corrected chi connectivity index (χ3v) is 5.79. The topological polar surface area (TPSA) is 58.9 Å². The second kappa shape index (κ2) is 7.21. The summed E-state index contributed by atoms with van der Waals surface area (Å²) in [5.74, 6) is 1.30. The van der Waals surface area contributed by atoms with Crippen molar-refractivity contribution in [3.8, 4) is 11.5 Å². The molecule has 0 spiro atoms. The zero-order valence-electron chi connectivity index (χ0n) is 16.9. The summed E-state index contributed by atoms with van der Waals surface area (Å²) in [6.45, 7) is 9.24. The standard InChI is InChI=1S/C22H29BO4/c1-21(2)9-10-22(3,4)18-13-20(19(23(24)25)12-17(18)21)27-14-15-7-6-8-16(11-15)26-5/h6-8,11-13,24-25H,9-10,14H2,1-5H3. The van der Waals surface area contributed by atoms with E-state index in [9.17, 15) is 10.0 Å². The first-order chi connectivity index (χ1) is 12.6. The van der Waals surface area contributed by atoms with Crippen LogP contribution in [0.4, 0.5) is 0 Å². The first-order valence-electron chi connectivity index (χ1n) is 9.45. The van der Waals surface area contributed by atoms with Crippen molar-refractivity contribution in [1.29, 1.82) is 0 Å². The first kappa shape index (κ1) is 19.8. The van der Waals surface area contributed by atoms with Crippen molar-refractivity contribution >= 4 is 12.6 Å². The molecular weight excluding hydrogens is 339 g/mol. The molecule has 2 aromatic rings. The van der Waals surface area contributed by atoms with E-state index in [4.69, 9.17) is 9.47 Å². The van der Waals surface area contributed by atoms with Crippen molar-refractivity contribution in [1.82, 2.24) is 0 Å². The molecule has 3 rings (SSSR count). The highest BCUT2D eigenvalue weighted by Gasteiger charge is 2.38. The lowest BCUT2D eigenvalue weighted by atomic mass is 9.61. The van der Waals surface area contributed by atoms with Crippen molar-refractivity contribution in [2.45, 2.75) is 58.0 Å². The number of ether oxygens (including phenoxy) is 2. The van der Waals surface area contributed by atoms with E-state index in [1.807, 2.05) is 36.4 Å². The van der Waals surface area contributed by atoms with Gasteiger partial charge in [-0.15, -0.1) is 0 Å². The molecule has 0 atom stereocenters. The minimum Gasteiger partial charge on any atom is -0.497 e. The van der Waals surface area contributed by atoms with Gasteiger partial charge in [-0.2, -0.15) is 0 Å². The molecular formula is C22H29BO4. The van der Waals surface area contributed by atoms with E-state index in [1.54, 1.807) is 7.11 Å². The smallest absolute Gasteiger partial charge is 0.492 e. The molecule has 0 fully saturated rings. The van der Waals surface area contributed by atoms with Crippen molar-refractivity contribution in [2.24, 2.45) is 0 Å². The number of hydrogen-bond donors (Lipinski definition) is 2. The summed E-state index contributed by atoms with van der Waals surface area (Å²) in [5.41, 5.74) is 3.81. The van der Waals surface area contributed by atoms with Crippen LogP contribution in [0, 0.1) is 0 Å². The van der Waals surface area contributed by atoms with Crippen LogP contribution in [0.15, 0.2) is 36.4 Å². The minimum atomic E-state index is -1.57. The Balaban J connectivity index is 1.99. The van der Waals surface area contributed by atoms with E-state index < -0.39 is 7.12 Å². The van der Waals surface area contributed by atoms with E-state index in [0.29, 0.717) is 17.8 Å². The lowest BCUT2D eigenvalue weighted by Crippen LogP contribution is -2.38. The minimum absolute atomic E-state index is 0.000179. The fourth-order valence-corrected chi connectivity index (χ4v) is 3.86. The lowest BCUT2D eigenvalue weighted by Gasteiger charge is -2.42. The molecule has 27 heavy (non-hydrogen) atoms. The zero-order chi connectivity index (χ0) is 19.8. The maximum atomic E-state index is 9.94. The quantitative estimate of drug-likeness (QED) is 0.795. The average Bonchev–Trinajstić information content (AvgIpc) is 2.63. The van der Waals surface area contributed by atoms with Gasteiger partial charge in [0.1, 0.15) is 18.1 Å². The van der Waals surface area contributed by atoms with E-state index in [2.05, 4.69) is 27.7 Å². The van der Waals surface area contributed by atoms with Gasteiger partial charge in [0, 0.05) is 5.46 Å². The molecule has 0 saturated carbocycles. The van der Waals surface area contributed by atoms with E-state index in [0.717, 1.165) is 24.2 Å². The van der Waals surface area contributed by atoms with Crippen LogP contribution in [0.5, 0.6) is 11.5 Å². The fourth-order valence-electron chi connectivity index (χ4n) is 3.86. The highest BCUT2D eigenvalue weighted by atomic mass is 16.5. The molecule has 0 aliphatic heterocycles. The van der Waals surface area contributed by atoms with Crippen molar-refractivity contribution < 1.29 is 19.5 Å². The highest BCUT2D eigenvalue weighted by molar-refractivity contribution is 6.59. The van der Waals surface area contributed by atoms with Crippen LogP contribution in [0.3, 0.4) is 0 Å². The van der Waals surface area contributed by atoms with Gasteiger partial charge in [0.05, 0.1) is 7.11 Å². The van der Waals surface area contributed by atoms with Crippen LogP contribution in [0.25, 0.3) is 0 Å². The number of rotatable bonds is 5. The maximum absolute atomic E-state index is 9.94. The second-order valence-corrected chi connectivity index (χ2v) is 8.72. The van der Waals surface area contributed by atoms with Gasteiger partial charge in [-0.1, -0.05) is 45.9 Å². The molecule has 1 aliphatic rings. The van der Waals surface area contributed by atoms with Gasteiger partial charge < -0.3 is 19.5 Å². The van der Waals surface area contributed by atoms with Crippen LogP contribution in [0.1, 0.15) is 57.2 Å². The molecule has 4 nitrogen and oxygen atoms in total. The third-order valence-electron chi connectivity index (χ3n) is 5.79. The Labute approximate surface area is 162 Å². The van der Waals surface area contributed by atoms with Crippen molar-refractivity contribution in [3.05, 3.63) is 53.1 Å². The Kier molecular flexibility index (Phi) is 5.28. The molecule has 0 aromatic heterocycles.